The van der Waals surface area contributed by atoms with E-state index in [1.54, 1.807) is 0 Å². The molecule has 0 bridgehead atoms. The first-order valence-electron chi connectivity index (χ1n) is 6.70. The molecule has 0 aliphatic carbocycles. The molecule has 0 aliphatic rings. The number of amides is 1. The van der Waals surface area contributed by atoms with Crippen molar-refractivity contribution < 1.29 is 23.1 Å². The minimum atomic E-state index is -4.43. The molecule has 3 nitrogen and oxygen atoms in total. The summed E-state index contributed by atoms with van der Waals surface area (Å²) in [5.41, 5.74) is -0.345. The molecule has 0 saturated heterocycles. The van der Waals surface area contributed by atoms with Gasteiger partial charge in [-0.2, -0.15) is 13.2 Å². The minimum absolute atomic E-state index is 0.0395. The summed E-state index contributed by atoms with van der Waals surface area (Å²) in [5.74, 6) is 4.53. The van der Waals surface area contributed by atoms with Gasteiger partial charge in [0.25, 0.3) is 5.91 Å². The lowest BCUT2D eigenvalue weighted by Gasteiger charge is -2.05. The molecule has 124 valence electrons. The van der Waals surface area contributed by atoms with Crippen molar-refractivity contribution in [1.29, 1.82) is 0 Å². The highest BCUT2D eigenvalue weighted by Crippen LogP contribution is 2.29. The maximum absolute atomic E-state index is 12.6. The Kier molecular flexibility index (Phi) is 5.37. The van der Waals surface area contributed by atoms with Crippen LogP contribution in [0.2, 0.25) is 5.02 Å². The molecule has 0 spiro atoms. The molecule has 0 saturated carbocycles. The van der Waals surface area contributed by atoms with Gasteiger partial charge < -0.3 is 10.4 Å². The summed E-state index contributed by atoms with van der Waals surface area (Å²) >= 11 is 5.70. The Bertz CT molecular complexity index is 823. The number of alkyl halides is 3. The number of carbonyl (C=O) groups excluding carboxylic acids is 1. The number of carbonyl (C=O) groups is 1. The van der Waals surface area contributed by atoms with Crippen molar-refractivity contribution in [3.8, 4) is 17.6 Å². The van der Waals surface area contributed by atoms with Crippen molar-refractivity contribution in [3.05, 3.63) is 64.2 Å². The van der Waals surface area contributed by atoms with E-state index in [1.807, 2.05) is 0 Å². The third-order valence-corrected chi connectivity index (χ3v) is 3.27. The Labute approximate surface area is 141 Å². The summed E-state index contributed by atoms with van der Waals surface area (Å²) in [6, 6.07) is 8.58. The Morgan fingerprint density at radius 1 is 1.21 bits per heavy atom. The van der Waals surface area contributed by atoms with E-state index in [1.165, 1.54) is 30.3 Å². The topological polar surface area (TPSA) is 49.3 Å². The summed E-state index contributed by atoms with van der Waals surface area (Å²) in [5, 5.41) is 11.8. The number of benzene rings is 2. The summed E-state index contributed by atoms with van der Waals surface area (Å²) in [6.07, 6.45) is -4.43. The van der Waals surface area contributed by atoms with Crippen LogP contribution in [0.3, 0.4) is 0 Å². The van der Waals surface area contributed by atoms with E-state index in [-0.39, 0.29) is 28.4 Å². The number of halogens is 4. The smallest absolute Gasteiger partial charge is 0.416 e. The average Bonchev–Trinajstić information content (AvgIpc) is 2.53. The maximum Gasteiger partial charge on any atom is 0.416 e. The van der Waals surface area contributed by atoms with Gasteiger partial charge in [0.05, 0.1) is 17.1 Å². The van der Waals surface area contributed by atoms with E-state index in [2.05, 4.69) is 17.2 Å². The monoisotopic (exact) mass is 353 g/mol. The number of hydrogen-bond acceptors (Lipinski definition) is 2. The van der Waals surface area contributed by atoms with Crippen LogP contribution in [0.1, 0.15) is 21.5 Å². The van der Waals surface area contributed by atoms with E-state index in [9.17, 15) is 23.1 Å². The van der Waals surface area contributed by atoms with Gasteiger partial charge in [-0.1, -0.05) is 29.5 Å². The molecular weight excluding hydrogens is 343 g/mol. The molecule has 0 unspecified atom stereocenters. The second kappa shape index (κ2) is 7.28. The molecule has 2 aromatic carbocycles. The van der Waals surface area contributed by atoms with Crippen molar-refractivity contribution in [2.45, 2.75) is 6.18 Å². The lowest BCUT2D eigenvalue weighted by molar-refractivity contribution is -0.137. The molecule has 0 radical (unpaired) electrons. The van der Waals surface area contributed by atoms with Crippen molar-refractivity contribution in [1.82, 2.24) is 5.32 Å². The number of nitrogens with one attached hydrogen (secondary N) is 1. The standard InChI is InChI=1S/C17H11ClF3NO2/c18-14-10-12(6-7-15(14)23)16(24)22-8-2-4-11-3-1-5-13(9-11)17(19,20)21/h1,3,5-7,9-10,23H,8H2,(H,22,24). The van der Waals surface area contributed by atoms with Gasteiger partial charge in [-0.3, -0.25) is 4.79 Å². The van der Waals surface area contributed by atoms with E-state index in [0.29, 0.717) is 0 Å². The fraction of sp³-hybridized carbons (Fsp3) is 0.118. The molecule has 7 heteroatoms. The van der Waals surface area contributed by atoms with Gasteiger partial charge in [0.2, 0.25) is 0 Å². The lowest BCUT2D eigenvalue weighted by atomic mass is 10.1. The Balaban J connectivity index is 1.99. The molecular formula is C17H11ClF3NO2. The molecule has 2 aromatic rings. The van der Waals surface area contributed by atoms with Gasteiger partial charge in [-0.15, -0.1) is 0 Å². The van der Waals surface area contributed by atoms with E-state index in [4.69, 9.17) is 11.6 Å². The van der Waals surface area contributed by atoms with Crippen molar-refractivity contribution in [2.24, 2.45) is 0 Å². The molecule has 0 fully saturated rings. The SMILES string of the molecule is O=C(NCC#Cc1cccc(C(F)(F)F)c1)c1ccc(O)c(Cl)c1. The normalized spacial score (nSPS) is 10.7. The maximum atomic E-state index is 12.6. The van der Waals surface area contributed by atoms with Crippen LogP contribution in [0.5, 0.6) is 5.75 Å². The number of phenols is 1. The van der Waals surface area contributed by atoms with Crippen LogP contribution in [-0.4, -0.2) is 17.6 Å². The number of hydrogen-bond donors (Lipinski definition) is 2. The zero-order valence-corrected chi connectivity index (χ0v) is 12.9. The molecule has 1 amide bonds. The highest BCUT2D eigenvalue weighted by atomic mass is 35.5. The summed E-state index contributed by atoms with van der Waals surface area (Å²) in [7, 11) is 0. The molecule has 0 heterocycles. The van der Waals surface area contributed by atoms with Gasteiger partial charge in [-0.25, -0.2) is 0 Å². The van der Waals surface area contributed by atoms with E-state index < -0.39 is 17.6 Å². The van der Waals surface area contributed by atoms with Gasteiger partial charge in [-0.05, 0) is 36.4 Å². The zero-order valence-electron chi connectivity index (χ0n) is 12.1. The molecule has 24 heavy (non-hydrogen) atoms. The third kappa shape index (κ3) is 4.67. The van der Waals surface area contributed by atoms with Crippen LogP contribution in [0.15, 0.2) is 42.5 Å². The molecule has 2 N–H and O–H groups in total. The lowest BCUT2D eigenvalue weighted by Crippen LogP contribution is -2.23. The third-order valence-electron chi connectivity index (χ3n) is 2.97. The van der Waals surface area contributed by atoms with Crippen LogP contribution >= 0.6 is 11.6 Å². The van der Waals surface area contributed by atoms with E-state index in [0.717, 1.165) is 12.1 Å². The highest BCUT2D eigenvalue weighted by molar-refractivity contribution is 6.32. The Hall–Kier alpha value is -2.65. The Morgan fingerprint density at radius 3 is 2.62 bits per heavy atom. The predicted octanol–water partition coefficient (Wildman–Crippen LogP) is 3.85. The summed E-state index contributed by atoms with van der Waals surface area (Å²) < 4.78 is 37.7. The van der Waals surface area contributed by atoms with E-state index >= 15 is 0 Å². The number of rotatable bonds is 2. The van der Waals surface area contributed by atoms with Crippen LogP contribution in [0.25, 0.3) is 0 Å². The van der Waals surface area contributed by atoms with Gasteiger partial charge in [0.15, 0.2) is 0 Å². The fourth-order valence-corrected chi connectivity index (χ4v) is 1.97. The largest absolute Gasteiger partial charge is 0.506 e. The van der Waals surface area contributed by atoms with Crippen LogP contribution < -0.4 is 5.32 Å². The molecule has 2 rings (SSSR count). The van der Waals surface area contributed by atoms with Crippen LogP contribution in [0.4, 0.5) is 13.2 Å². The van der Waals surface area contributed by atoms with Gasteiger partial charge in [0, 0.05) is 11.1 Å². The number of phenolic OH excluding ortho intramolecular Hbond substituents is 1. The first-order chi connectivity index (χ1) is 11.3. The predicted molar refractivity (Wildman–Crippen MR) is 83.8 cm³/mol. The average molecular weight is 354 g/mol. The van der Waals surface area contributed by atoms with Gasteiger partial charge in [0.1, 0.15) is 5.75 Å². The summed E-state index contributed by atoms with van der Waals surface area (Å²) in [6.45, 7) is -0.0480. The van der Waals surface area contributed by atoms with Crippen molar-refractivity contribution in [3.63, 3.8) is 0 Å². The van der Waals surface area contributed by atoms with Crippen LogP contribution in [0, 0.1) is 11.8 Å². The van der Waals surface area contributed by atoms with Crippen molar-refractivity contribution >= 4 is 17.5 Å². The second-order valence-electron chi connectivity index (χ2n) is 4.73. The zero-order chi connectivity index (χ0) is 17.7. The highest BCUT2D eigenvalue weighted by Gasteiger charge is 2.30. The molecule has 0 atom stereocenters. The molecule has 0 aromatic heterocycles. The molecule has 0 aliphatic heterocycles. The fourth-order valence-electron chi connectivity index (χ4n) is 1.79. The van der Waals surface area contributed by atoms with Gasteiger partial charge >= 0.3 is 6.18 Å². The Morgan fingerprint density at radius 2 is 1.96 bits per heavy atom. The first-order valence-corrected chi connectivity index (χ1v) is 7.08. The quantitative estimate of drug-likeness (QED) is 0.806. The van der Waals surface area contributed by atoms with Crippen LogP contribution in [-0.2, 0) is 6.18 Å². The van der Waals surface area contributed by atoms with Crippen molar-refractivity contribution in [2.75, 3.05) is 6.54 Å². The summed E-state index contributed by atoms with van der Waals surface area (Å²) in [4.78, 5) is 11.8. The first kappa shape index (κ1) is 17.7. The number of aromatic hydroxyl groups is 1. The second-order valence-corrected chi connectivity index (χ2v) is 5.14. The minimum Gasteiger partial charge on any atom is -0.506 e.